The van der Waals surface area contributed by atoms with Crippen LogP contribution in [0.2, 0.25) is 0 Å². The third-order valence-corrected chi connectivity index (χ3v) is 4.38. The summed E-state index contributed by atoms with van der Waals surface area (Å²) >= 11 is 0. The van der Waals surface area contributed by atoms with Gasteiger partial charge in [-0.2, -0.15) is 0 Å². The standard InChI is InChI=1S/C20H24N4O/c1-17(19-7-9-21-10-8-19)23(2)15-18-3-5-20(6-4-18)25-14-13-24-12-11-22-16-24/h3-12,16-17H,13-15H2,1-2H3. The Morgan fingerprint density at radius 1 is 1.04 bits per heavy atom. The predicted octanol–water partition coefficient (Wildman–Crippen LogP) is 3.55. The van der Waals surface area contributed by atoms with Gasteiger partial charge in [0.05, 0.1) is 12.9 Å². The molecule has 0 spiro atoms. The SMILES string of the molecule is CC(c1ccncc1)N(C)Cc1ccc(OCCn2ccnc2)cc1. The Balaban J connectivity index is 1.50. The van der Waals surface area contributed by atoms with Gasteiger partial charge in [-0.1, -0.05) is 12.1 Å². The third kappa shape index (κ3) is 4.90. The molecule has 5 heteroatoms. The van der Waals surface area contributed by atoms with Crippen LogP contribution < -0.4 is 4.74 Å². The first-order chi connectivity index (χ1) is 12.2. The molecule has 3 rings (SSSR count). The summed E-state index contributed by atoms with van der Waals surface area (Å²) in [6.07, 6.45) is 9.20. The van der Waals surface area contributed by atoms with E-state index in [-0.39, 0.29) is 0 Å². The van der Waals surface area contributed by atoms with Gasteiger partial charge in [0.2, 0.25) is 0 Å². The lowest BCUT2D eigenvalue weighted by Crippen LogP contribution is -2.21. The molecule has 1 unspecified atom stereocenters. The van der Waals surface area contributed by atoms with Gasteiger partial charge in [-0.15, -0.1) is 0 Å². The highest BCUT2D eigenvalue weighted by molar-refractivity contribution is 5.27. The highest BCUT2D eigenvalue weighted by Crippen LogP contribution is 2.21. The molecule has 0 radical (unpaired) electrons. The molecule has 0 aliphatic heterocycles. The lowest BCUT2D eigenvalue weighted by atomic mass is 10.1. The van der Waals surface area contributed by atoms with E-state index < -0.39 is 0 Å². The summed E-state index contributed by atoms with van der Waals surface area (Å²) in [4.78, 5) is 10.4. The van der Waals surface area contributed by atoms with Crippen molar-refractivity contribution in [2.75, 3.05) is 13.7 Å². The number of hydrogen-bond donors (Lipinski definition) is 0. The van der Waals surface area contributed by atoms with E-state index >= 15 is 0 Å². The maximum atomic E-state index is 5.79. The molecule has 3 aromatic rings. The lowest BCUT2D eigenvalue weighted by Gasteiger charge is -2.25. The van der Waals surface area contributed by atoms with Crippen molar-refractivity contribution in [2.24, 2.45) is 0 Å². The monoisotopic (exact) mass is 336 g/mol. The fourth-order valence-corrected chi connectivity index (χ4v) is 2.70. The number of aromatic nitrogens is 3. The lowest BCUT2D eigenvalue weighted by molar-refractivity contribution is 0.252. The fourth-order valence-electron chi connectivity index (χ4n) is 2.70. The van der Waals surface area contributed by atoms with Gasteiger partial charge in [-0.05, 0) is 49.4 Å². The van der Waals surface area contributed by atoms with Crippen LogP contribution in [0, 0.1) is 0 Å². The first kappa shape index (κ1) is 17.2. The molecule has 5 nitrogen and oxygen atoms in total. The van der Waals surface area contributed by atoms with Gasteiger partial charge in [-0.25, -0.2) is 4.98 Å². The van der Waals surface area contributed by atoms with Crippen molar-refractivity contribution in [2.45, 2.75) is 26.1 Å². The van der Waals surface area contributed by atoms with Gasteiger partial charge < -0.3 is 9.30 Å². The summed E-state index contributed by atoms with van der Waals surface area (Å²) in [6, 6.07) is 12.8. The molecule has 25 heavy (non-hydrogen) atoms. The molecule has 0 N–H and O–H groups in total. The van der Waals surface area contributed by atoms with Crippen molar-refractivity contribution < 1.29 is 4.74 Å². The Hall–Kier alpha value is -2.66. The Labute approximate surface area is 148 Å². The number of nitrogens with zero attached hydrogens (tertiary/aromatic N) is 4. The van der Waals surface area contributed by atoms with Crippen molar-refractivity contribution >= 4 is 0 Å². The highest BCUT2D eigenvalue weighted by Gasteiger charge is 2.11. The molecule has 2 heterocycles. The quantitative estimate of drug-likeness (QED) is 0.631. The van der Waals surface area contributed by atoms with Crippen molar-refractivity contribution in [3.05, 3.63) is 78.6 Å². The third-order valence-electron chi connectivity index (χ3n) is 4.38. The van der Waals surface area contributed by atoms with Gasteiger partial charge in [0.15, 0.2) is 0 Å². The Morgan fingerprint density at radius 2 is 1.80 bits per heavy atom. The van der Waals surface area contributed by atoms with Gasteiger partial charge in [0.25, 0.3) is 0 Å². The molecule has 0 saturated heterocycles. The molecular formula is C20H24N4O. The summed E-state index contributed by atoms with van der Waals surface area (Å²) in [5.41, 5.74) is 2.54. The van der Waals surface area contributed by atoms with Crippen LogP contribution in [0.25, 0.3) is 0 Å². The van der Waals surface area contributed by atoms with Gasteiger partial charge in [-0.3, -0.25) is 9.88 Å². The van der Waals surface area contributed by atoms with Crippen LogP contribution in [0.4, 0.5) is 0 Å². The number of rotatable bonds is 8. The highest BCUT2D eigenvalue weighted by atomic mass is 16.5. The van der Waals surface area contributed by atoms with Crippen LogP contribution in [0.1, 0.15) is 24.1 Å². The van der Waals surface area contributed by atoms with Crippen molar-refractivity contribution in [1.29, 1.82) is 0 Å². The zero-order chi connectivity index (χ0) is 17.5. The van der Waals surface area contributed by atoms with E-state index in [0.717, 1.165) is 18.8 Å². The topological polar surface area (TPSA) is 43.2 Å². The number of benzene rings is 1. The van der Waals surface area contributed by atoms with Gasteiger partial charge in [0, 0.05) is 37.4 Å². The van der Waals surface area contributed by atoms with Gasteiger partial charge in [0.1, 0.15) is 12.4 Å². The molecule has 0 aliphatic rings. The van der Waals surface area contributed by atoms with Crippen LogP contribution in [0.15, 0.2) is 67.5 Å². The van der Waals surface area contributed by atoms with Gasteiger partial charge >= 0.3 is 0 Å². The summed E-state index contributed by atoms with van der Waals surface area (Å²) in [7, 11) is 2.14. The Kier molecular flexibility index (Phi) is 5.80. The molecule has 1 atom stereocenters. The summed E-state index contributed by atoms with van der Waals surface area (Å²) in [5.74, 6) is 0.897. The molecule has 0 aliphatic carbocycles. The van der Waals surface area contributed by atoms with E-state index in [9.17, 15) is 0 Å². The van der Waals surface area contributed by atoms with Crippen LogP contribution in [-0.4, -0.2) is 33.1 Å². The van der Waals surface area contributed by atoms with E-state index in [1.807, 2.05) is 35.3 Å². The van der Waals surface area contributed by atoms with E-state index in [1.165, 1.54) is 11.1 Å². The molecule has 0 saturated carbocycles. The average Bonchev–Trinajstić information content (AvgIpc) is 3.17. The maximum absolute atomic E-state index is 5.79. The zero-order valence-corrected chi connectivity index (χ0v) is 14.7. The Morgan fingerprint density at radius 3 is 2.48 bits per heavy atom. The summed E-state index contributed by atoms with van der Waals surface area (Å²) in [6.45, 7) is 4.53. The van der Waals surface area contributed by atoms with Crippen molar-refractivity contribution in [3.63, 3.8) is 0 Å². The number of ether oxygens (including phenoxy) is 1. The largest absolute Gasteiger partial charge is 0.492 e. The number of pyridine rings is 1. The van der Waals surface area contributed by atoms with Crippen LogP contribution in [0.5, 0.6) is 5.75 Å². The molecule has 130 valence electrons. The second-order valence-electron chi connectivity index (χ2n) is 6.16. The van der Waals surface area contributed by atoms with Crippen LogP contribution in [-0.2, 0) is 13.1 Å². The molecule has 0 amide bonds. The Bertz CT molecular complexity index is 741. The van der Waals surface area contributed by atoms with Crippen LogP contribution in [0.3, 0.4) is 0 Å². The minimum absolute atomic E-state index is 0.342. The smallest absolute Gasteiger partial charge is 0.119 e. The molecule has 1 aromatic carbocycles. The van der Waals surface area contributed by atoms with Crippen molar-refractivity contribution in [3.8, 4) is 5.75 Å². The number of hydrogen-bond acceptors (Lipinski definition) is 4. The van der Waals surface area contributed by atoms with Crippen LogP contribution >= 0.6 is 0 Å². The minimum Gasteiger partial charge on any atom is -0.492 e. The molecule has 2 aromatic heterocycles. The minimum atomic E-state index is 0.342. The second kappa shape index (κ2) is 8.44. The molecular weight excluding hydrogens is 312 g/mol. The first-order valence-corrected chi connectivity index (χ1v) is 8.50. The van der Waals surface area contributed by atoms with E-state index in [1.54, 1.807) is 12.5 Å². The zero-order valence-electron chi connectivity index (χ0n) is 14.7. The van der Waals surface area contributed by atoms with E-state index in [2.05, 4.69) is 53.1 Å². The van der Waals surface area contributed by atoms with Crippen molar-refractivity contribution in [1.82, 2.24) is 19.4 Å². The number of imidazole rings is 1. The average molecular weight is 336 g/mol. The predicted molar refractivity (Wildman–Crippen MR) is 98.3 cm³/mol. The van der Waals surface area contributed by atoms with E-state index in [0.29, 0.717) is 12.6 Å². The van der Waals surface area contributed by atoms with E-state index in [4.69, 9.17) is 4.74 Å². The molecule has 0 bridgehead atoms. The molecule has 0 fully saturated rings. The summed E-state index contributed by atoms with van der Waals surface area (Å²) in [5, 5.41) is 0. The summed E-state index contributed by atoms with van der Waals surface area (Å²) < 4.78 is 7.79. The second-order valence-corrected chi connectivity index (χ2v) is 6.16. The maximum Gasteiger partial charge on any atom is 0.119 e. The fraction of sp³-hybridized carbons (Fsp3) is 0.300. The normalized spacial score (nSPS) is 12.3. The first-order valence-electron chi connectivity index (χ1n) is 8.50.